The number of nitrogens with one attached hydrogen (secondary N) is 1. The van der Waals surface area contributed by atoms with Crippen molar-refractivity contribution in [2.45, 2.75) is 19.3 Å². The molecule has 6 heteroatoms. The number of carbonyl (C=O) groups is 2. The summed E-state index contributed by atoms with van der Waals surface area (Å²) < 4.78 is 5.13. The standard InChI is InChI=1S/C20H23N3O3/c1-26-17-6-4-15(5-7-17)8-10-22-19(24)16-9-11-21-18(14-16)20(25)23-12-2-3-13-23/h4-7,9,11,14H,2-3,8,10,12-13H2,1H3,(H,22,24). The molecular formula is C20H23N3O3. The number of nitrogens with zero attached hydrogens (tertiary/aromatic N) is 2. The molecular weight excluding hydrogens is 330 g/mol. The van der Waals surface area contributed by atoms with E-state index < -0.39 is 0 Å². The van der Waals surface area contributed by atoms with E-state index in [9.17, 15) is 9.59 Å². The first-order valence-electron chi connectivity index (χ1n) is 8.84. The summed E-state index contributed by atoms with van der Waals surface area (Å²) in [4.78, 5) is 30.7. The van der Waals surface area contributed by atoms with Crippen molar-refractivity contribution in [2.75, 3.05) is 26.7 Å². The Balaban J connectivity index is 1.55. The van der Waals surface area contributed by atoms with E-state index in [-0.39, 0.29) is 11.8 Å². The van der Waals surface area contributed by atoms with Crippen molar-refractivity contribution < 1.29 is 14.3 Å². The van der Waals surface area contributed by atoms with Crippen LogP contribution in [0.5, 0.6) is 5.75 Å². The number of aromatic nitrogens is 1. The average molecular weight is 353 g/mol. The molecule has 2 amide bonds. The van der Waals surface area contributed by atoms with Crippen molar-refractivity contribution in [2.24, 2.45) is 0 Å². The van der Waals surface area contributed by atoms with E-state index in [4.69, 9.17) is 4.74 Å². The van der Waals surface area contributed by atoms with Crippen LogP contribution in [0.4, 0.5) is 0 Å². The Bertz CT molecular complexity index is 768. The van der Waals surface area contributed by atoms with Gasteiger partial charge in [-0.2, -0.15) is 0 Å². The topological polar surface area (TPSA) is 71.5 Å². The van der Waals surface area contributed by atoms with Crippen molar-refractivity contribution in [3.63, 3.8) is 0 Å². The zero-order valence-corrected chi connectivity index (χ0v) is 14.9. The summed E-state index contributed by atoms with van der Waals surface area (Å²) in [6.45, 7) is 2.04. The van der Waals surface area contributed by atoms with Gasteiger partial charge >= 0.3 is 0 Å². The van der Waals surface area contributed by atoms with Gasteiger partial charge in [0.1, 0.15) is 11.4 Å². The Labute approximate surface area is 153 Å². The lowest BCUT2D eigenvalue weighted by Gasteiger charge is -2.14. The summed E-state index contributed by atoms with van der Waals surface area (Å²) in [5.74, 6) is 0.511. The van der Waals surface area contributed by atoms with Crippen LogP contribution in [0, 0.1) is 0 Å². The molecule has 1 aliphatic heterocycles. The molecule has 6 nitrogen and oxygen atoms in total. The van der Waals surface area contributed by atoms with E-state index in [0.717, 1.165) is 43.7 Å². The molecule has 2 aromatic rings. The first kappa shape index (κ1) is 17.9. The number of hydrogen-bond donors (Lipinski definition) is 1. The van der Waals surface area contributed by atoms with Gasteiger partial charge in [-0.1, -0.05) is 12.1 Å². The number of likely N-dealkylation sites (tertiary alicyclic amines) is 1. The Morgan fingerprint density at radius 1 is 1.15 bits per heavy atom. The molecule has 0 radical (unpaired) electrons. The van der Waals surface area contributed by atoms with Crippen molar-refractivity contribution in [1.82, 2.24) is 15.2 Å². The molecule has 1 saturated heterocycles. The molecule has 26 heavy (non-hydrogen) atoms. The maximum atomic E-state index is 12.4. The molecule has 0 saturated carbocycles. The van der Waals surface area contributed by atoms with Crippen LogP contribution >= 0.6 is 0 Å². The minimum atomic E-state index is -0.198. The Kier molecular flexibility index (Phi) is 5.84. The van der Waals surface area contributed by atoms with Crippen molar-refractivity contribution in [3.8, 4) is 5.75 Å². The van der Waals surface area contributed by atoms with Crippen LogP contribution in [0.15, 0.2) is 42.6 Å². The summed E-state index contributed by atoms with van der Waals surface area (Å²) in [7, 11) is 1.63. The predicted octanol–water partition coefficient (Wildman–Crippen LogP) is 2.30. The van der Waals surface area contributed by atoms with E-state index in [1.807, 2.05) is 24.3 Å². The van der Waals surface area contributed by atoms with Gasteiger partial charge < -0.3 is 15.0 Å². The molecule has 0 unspecified atom stereocenters. The molecule has 2 heterocycles. The van der Waals surface area contributed by atoms with Gasteiger partial charge in [-0.15, -0.1) is 0 Å². The molecule has 1 N–H and O–H groups in total. The van der Waals surface area contributed by atoms with Gasteiger partial charge in [-0.3, -0.25) is 14.6 Å². The quantitative estimate of drug-likeness (QED) is 0.865. The van der Waals surface area contributed by atoms with Gasteiger partial charge in [0, 0.05) is 31.4 Å². The molecule has 1 aromatic heterocycles. The highest BCUT2D eigenvalue weighted by atomic mass is 16.5. The Hall–Kier alpha value is -2.89. The predicted molar refractivity (Wildman–Crippen MR) is 98.4 cm³/mol. The van der Waals surface area contributed by atoms with Crippen molar-refractivity contribution >= 4 is 11.8 Å². The molecule has 1 aliphatic rings. The molecule has 0 bridgehead atoms. The second-order valence-electron chi connectivity index (χ2n) is 6.28. The zero-order chi connectivity index (χ0) is 18.4. The SMILES string of the molecule is COc1ccc(CCNC(=O)c2ccnc(C(=O)N3CCCC3)c2)cc1. The number of pyridine rings is 1. The number of carbonyl (C=O) groups excluding carboxylic acids is 2. The summed E-state index contributed by atoms with van der Waals surface area (Å²) in [5.41, 5.74) is 1.90. The van der Waals surface area contributed by atoms with Gasteiger partial charge in [-0.05, 0) is 49.1 Å². The lowest BCUT2D eigenvalue weighted by atomic mass is 10.1. The number of amides is 2. The third-order valence-corrected chi connectivity index (χ3v) is 4.49. The number of ether oxygens (including phenoxy) is 1. The fourth-order valence-electron chi connectivity index (χ4n) is 2.99. The zero-order valence-electron chi connectivity index (χ0n) is 14.9. The number of rotatable bonds is 6. The minimum absolute atomic E-state index is 0.101. The van der Waals surface area contributed by atoms with E-state index in [2.05, 4.69) is 10.3 Å². The maximum Gasteiger partial charge on any atom is 0.272 e. The summed E-state index contributed by atoms with van der Waals surface area (Å²) >= 11 is 0. The van der Waals surface area contributed by atoms with Crippen LogP contribution < -0.4 is 10.1 Å². The second kappa shape index (κ2) is 8.47. The maximum absolute atomic E-state index is 12.4. The van der Waals surface area contributed by atoms with Crippen LogP contribution in [0.1, 0.15) is 39.3 Å². The van der Waals surface area contributed by atoms with Crippen LogP contribution in [0.25, 0.3) is 0 Å². The van der Waals surface area contributed by atoms with E-state index in [1.54, 1.807) is 24.1 Å². The fourth-order valence-corrected chi connectivity index (χ4v) is 2.99. The second-order valence-corrected chi connectivity index (χ2v) is 6.28. The normalized spacial score (nSPS) is 13.5. The summed E-state index contributed by atoms with van der Waals surface area (Å²) in [6.07, 6.45) is 4.29. The molecule has 0 spiro atoms. The van der Waals surface area contributed by atoms with Gasteiger partial charge in [0.15, 0.2) is 0 Å². The third kappa shape index (κ3) is 4.39. The van der Waals surface area contributed by atoms with Gasteiger partial charge in [0.25, 0.3) is 11.8 Å². The summed E-state index contributed by atoms with van der Waals surface area (Å²) in [5, 5.41) is 2.89. The van der Waals surface area contributed by atoms with Gasteiger partial charge in [-0.25, -0.2) is 0 Å². The van der Waals surface area contributed by atoms with Crippen LogP contribution in [0.2, 0.25) is 0 Å². The molecule has 136 valence electrons. The lowest BCUT2D eigenvalue weighted by Crippen LogP contribution is -2.29. The van der Waals surface area contributed by atoms with E-state index in [0.29, 0.717) is 17.8 Å². The van der Waals surface area contributed by atoms with Crippen molar-refractivity contribution in [3.05, 3.63) is 59.4 Å². The molecule has 0 aliphatic carbocycles. The monoisotopic (exact) mass is 353 g/mol. The first-order chi connectivity index (χ1) is 12.7. The smallest absolute Gasteiger partial charge is 0.272 e. The molecule has 3 rings (SSSR count). The Morgan fingerprint density at radius 3 is 2.58 bits per heavy atom. The van der Waals surface area contributed by atoms with Gasteiger partial charge in [0.05, 0.1) is 7.11 Å². The highest BCUT2D eigenvalue weighted by Gasteiger charge is 2.21. The molecule has 0 atom stereocenters. The highest BCUT2D eigenvalue weighted by molar-refractivity contribution is 5.98. The molecule has 1 fully saturated rings. The Morgan fingerprint density at radius 2 is 1.88 bits per heavy atom. The summed E-state index contributed by atoms with van der Waals surface area (Å²) in [6, 6.07) is 11.0. The lowest BCUT2D eigenvalue weighted by molar-refractivity contribution is 0.0787. The third-order valence-electron chi connectivity index (χ3n) is 4.49. The van der Waals surface area contributed by atoms with E-state index in [1.165, 1.54) is 6.20 Å². The number of hydrogen-bond acceptors (Lipinski definition) is 4. The largest absolute Gasteiger partial charge is 0.497 e. The fraction of sp³-hybridized carbons (Fsp3) is 0.350. The van der Waals surface area contributed by atoms with Crippen LogP contribution in [-0.2, 0) is 6.42 Å². The number of benzene rings is 1. The van der Waals surface area contributed by atoms with Gasteiger partial charge in [0.2, 0.25) is 0 Å². The van der Waals surface area contributed by atoms with Crippen LogP contribution in [-0.4, -0.2) is 48.4 Å². The molecule has 1 aromatic carbocycles. The average Bonchev–Trinajstić information content (AvgIpc) is 3.23. The van der Waals surface area contributed by atoms with Crippen LogP contribution in [0.3, 0.4) is 0 Å². The number of methoxy groups -OCH3 is 1. The van der Waals surface area contributed by atoms with Crippen molar-refractivity contribution in [1.29, 1.82) is 0 Å². The first-order valence-corrected chi connectivity index (χ1v) is 8.84. The minimum Gasteiger partial charge on any atom is -0.497 e. The van der Waals surface area contributed by atoms with E-state index >= 15 is 0 Å². The highest BCUT2D eigenvalue weighted by Crippen LogP contribution is 2.13.